The summed E-state index contributed by atoms with van der Waals surface area (Å²) < 4.78 is 0. The maximum atomic E-state index is 10.4. The highest BCUT2D eigenvalue weighted by molar-refractivity contribution is 8.00. The molecule has 2 heteroatoms. The fourth-order valence-corrected chi connectivity index (χ4v) is 3.15. The van der Waals surface area contributed by atoms with Crippen LogP contribution in [0.3, 0.4) is 0 Å². The van der Waals surface area contributed by atoms with Crippen LogP contribution in [0.4, 0.5) is 0 Å². The third-order valence-corrected chi connectivity index (χ3v) is 4.13. The maximum absolute atomic E-state index is 10.4. The van der Waals surface area contributed by atoms with E-state index in [2.05, 4.69) is 6.92 Å². The van der Waals surface area contributed by atoms with Gasteiger partial charge in [-0.05, 0) is 17.7 Å². The summed E-state index contributed by atoms with van der Waals surface area (Å²) in [5, 5.41) is 10.7. The first-order valence-electron chi connectivity index (χ1n) is 4.63. The van der Waals surface area contributed by atoms with Gasteiger partial charge in [0.25, 0.3) is 0 Å². The van der Waals surface area contributed by atoms with Crippen molar-refractivity contribution < 1.29 is 5.11 Å². The van der Waals surface area contributed by atoms with Gasteiger partial charge in [0.15, 0.2) is 0 Å². The first-order valence-corrected chi connectivity index (χ1v) is 5.68. The first kappa shape index (κ1) is 9.10. The predicted octanol–water partition coefficient (Wildman–Crippen LogP) is 2.40. The second kappa shape index (κ2) is 3.35. The van der Waals surface area contributed by atoms with Gasteiger partial charge in [0.2, 0.25) is 0 Å². The van der Waals surface area contributed by atoms with E-state index in [0.717, 1.165) is 17.7 Å². The summed E-state index contributed by atoms with van der Waals surface area (Å²) in [4.78, 5) is 0. The van der Waals surface area contributed by atoms with E-state index in [1.54, 1.807) is 0 Å². The Labute approximate surface area is 83.2 Å². The van der Waals surface area contributed by atoms with Gasteiger partial charge in [-0.3, -0.25) is 0 Å². The number of hydrogen-bond acceptors (Lipinski definition) is 2. The van der Waals surface area contributed by atoms with Crippen LogP contribution in [0.25, 0.3) is 0 Å². The van der Waals surface area contributed by atoms with Gasteiger partial charge in [-0.25, -0.2) is 0 Å². The summed E-state index contributed by atoms with van der Waals surface area (Å²) in [5.74, 6) is 1.06. The quantitative estimate of drug-likeness (QED) is 0.741. The number of benzene rings is 1. The van der Waals surface area contributed by atoms with E-state index in [9.17, 15) is 5.11 Å². The smallest absolute Gasteiger partial charge is 0.102 e. The molecule has 1 N–H and O–H groups in total. The van der Waals surface area contributed by atoms with Gasteiger partial charge in [-0.15, -0.1) is 0 Å². The molecule has 0 saturated carbocycles. The highest BCUT2D eigenvalue weighted by Crippen LogP contribution is 2.42. The molecule has 0 amide bonds. The largest absolute Gasteiger partial charge is 0.384 e. The molecule has 70 valence electrons. The Hall–Kier alpha value is -0.470. The molecule has 0 bridgehead atoms. The van der Waals surface area contributed by atoms with Crippen molar-refractivity contribution in [3.05, 3.63) is 35.9 Å². The van der Waals surface area contributed by atoms with Gasteiger partial charge in [-0.1, -0.05) is 37.3 Å². The van der Waals surface area contributed by atoms with Gasteiger partial charge in [0.05, 0.1) is 0 Å². The van der Waals surface area contributed by atoms with Crippen LogP contribution in [0, 0.1) is 0 Å². The zero-order valence-electron chi connectivity index (χ0n) is 7.73. The van der Waals surface area contributed by atoms with Crippen LogP contribution < -0.4 is 0 Å². The molecule has 2 rings (SSSR count). The molecule has 0 aromatic heterocycles. The Balaban J connectivity index is 2.34. The third-order valence-electron chi connectivity index (χ3n) is 2.80. The molecule has 0 aliphatic carbocycles. The summed E-state index contributed by atoms with van der Waals surface area (Å²) in [6, 6.07) is 10.00. The molecule has 0 radical (unpaired) electrons. The molecule has 1 saturated heterocycles. The molecule has 1 aromatic rings. The van der Waals surface area contributed by atoms with E-state index in [1.165, 1.54) is 0 Å². The van der Waals surface area contributed by atoms with Crippen molar-refractivity contribution in [1.82, 2.24) is 0 Å². The van der Waals surface area contributed by atoms with Crippen LogP contribution in [0.5, 0.6) is 0 Å². The van der Waals surface area contributed by atoms with Crippen LogP contribution in [0.15, 0.2) is 30.3 Å². The summed E-state index contributed by atoms with van der Waals surface area (Å²) in [6.45, 7) is 2.10. The summed E-state index contributed by atoms with van der Waals surface area (Å²) in [7, 11) is 0. The summed E-state index contributed by atoms with van der Waals surface area (Å²) in [6.07, 6.45) is 0.878. The van der Waals surface area contributed by atoms with Gasteiger partial charge >= 0.3 is 0 Å². The van der Waals surface area contributed by atoms with Gasteiger partial charge in [0.1, 0.15) is 5.60 Å². The van der Waals surface area contributed by atoms with Gasteiger partial charge in [-0.2, -0.15) is 11.8 Å². The fourth-order valence-electron chi connectivity index (χ4n) is 1.84. The Bertz CT molecular complexity index is 285. The molecule has 2 atom stereocenters. The molecule has 1 aliphatic heterocycles. The van der Waals surface area contributed by atoms with Crippen molar-refractivity contribution >= 4 is 11.8 Å². The van der Waals surface area contributed by atoms with Gasteiger partial charge in [0, 0.05) is 5.25 Å². The number of thioether (sulfide) groups is 1. The molecular formula is C11H14OS. The zero-order chi connectivity index (χ0) is 9.31. The molecule has 1 aromatic carbocycles. The third kappa shape index (κ3) is 1.49. The van der Waals surface area contributed by atoms with E-state index in [-0.39, 0.29) is 0 Å². The molecular weight excluding hydrogens is 180 g/mol. The highest BCUT2D eigenvalue weighted by Gasteiger charge is 2.40. The van der Waals surface area contributed by atoms with Crippen molar-refractivity contribution in [1.29, 1.82) is 0 Å². The lowest BCUT2D eigenvalue weighted by atomic mass is 9.89. The monoisotopic (exact) mass is 194 g/mol. The zero-order valence-corrected chi connectivity index (χ0v) is 8.55. The molecule has 1 heterocycles. The molecule has 1 aliphatic rings. The number of aliphatic hydroxyl groups is 1. The number of hydrogen-bond donors (Lipinski definition) is 1. The van der Waals surface area contributed by atoms with E-state index in [0.29, 0.717) is 5.25 Å². The molecule has 13 heavy (non-hydrogen) atoms. The van der Waals surface area contributed by atoms with Crippen molar-refractivity contribution in [3.63, 3.8) is 0 Å². The molecule has 0 spiro atoms. The minimum Gasteiger partial charge on any atom is -0.384 e. The fraction of sp³-hybridized carbons (Fsp3) is 0.455. The second-order valence-corrected chi connectivity index (χ2v) is 5.00. The normalized spacial score (nSPS) is 33.5. The Kier molecular flexibility index (Phi) is 2.35. The molecule has 1 fully saturated rings. The first-order chi connectivity index (χ1) is 6.23. The Morgan fingerprint density at radius 2 is 2.08 bits per heavy atom. The second-order valence-electron chi connectivity index (χ2n) is 3.55. The van der Waals surface area contributed by atoms with Crippen LogP contribution in [-0.4, -0.2) is 16.1 Å². The van der Waals surface area contributed by atoms with Gasteiger partial charge < -0.3 is 5.11 Å². The SMILES string of the molecule is C[C@@H]1SCC[C@]1(O)c1ccccc1. The van der Waals surface area contributed by atoms with Crippen molar-refractivity contribution in [2.45, 2.75) is 24.2 Å². The van der Waals surface area contributed by atoms with Crippen molar-refractivity contribution in [2.24, 2.45) is 0 Å². The lowest BCUT2D eigenvalue weighted by Crippen LogP contribution is -2.31. The molecule has 1 nitrogen and oxygen atoms in total. The van der Waals surface area contributed by atoms with E-state index >= 15 is 0 Å². The van der Waals surface area contributed by atoms with Crippen LogP contribution in [-0.2, 0) is 5.60 Å². The minimum absolute atomic E-state index is 0.315. The van der Waals surface area contributed by atoms with Crippen LogP contribution in [0.1, 0.15) is 18.9 Å². The summed E-state index contributed by atoms with van der Waals surface area (Å²) in [5.41, 5.74) is 0.471. The van der Waals surface area contributed by atoms with Crippen molar-refractivity contribution in [3.8, 4) is 0 Å². The lowest BCUT2D eigenvalue weighted by Gasteiger charge is -2.27. The van der Waals surface area contributed by atoms with E-state index < -0.39 is 5.60 Å². The average Bonchev–Trinajstić information content (AvgIpc) is 2.50. The standard InChI is InChI=1S/C11H14OS/c1-9-11(12,7-8-13-9)10-5-3-2-4-6-10/h2-6,9,12H,7-8H2,1H3/t9-,11+/m0/s1. The topological polar surface area (TPSA) is 20.2 Å². The summed E-state index contributed by atoms with van der Waals surface area (Å²) >= 11 is 1.85. The Morgan fingerprint density at radius 1 is 1.38 bits per heavy atom. The maximum Gasteiger partial charge on any atom is 0.102 e. The van der Waals surface area contributed by atoms with E-state index in [1.807, 2.05) is 42.1 Å². The minimum atomic E-state index is -0.591. The van der Waals surface area contributed by atoms with Crippen LogP contribution in [0.2, 0.25) is 0 Å². The molecule has 0 unspecified atom stereocenters. The average molecular weight is 194 g/mol. The van der Waals surface area contributed by atoms with Crippen molar-refractivity contribution in [2.75, 3.05) is 5.75 Å². The lowest BCUT2D eigenvalue weighted by molar-refractivity contribution is 0.0427. The van der Waals surface area contributed by atoms with E-state index in [4.69, 9.17) is 0 Å². The Morgan fingerprint density at radius 3 is 2.62 bits per heavy atom. The van der Waals surface area contributed by atoms with Crippen LogP contribution >= 0.6 is 11.8 Å². The number of rotatable bonds is 1. The highest BCUT2D eigenvalue weighted by atomic mass is 32.2. The predicted molar refractivity (Wildman–Crippen MR) is 56.9 cm³/mol.